The summed E-state index contributed by atoms with van der Waals surface area (Å²) in [7, 11) is 0. The molecule has 3 heteroatoms. The van der Waals surface area contributed by atoms with E-state index in [0.29, 0.717) is 0 Å². The molecule has 0 aromatic heterocycles. The summed E-state index contributed by atoms with van der Waals surface area (Å²) < 4.78 is 3.26. The lowest BCUT2D eigenvalue weighted by Gasteiger charge is -1.93. The van der Waals surface area contributed by atoms with E-state index in [1.54, 1.807) is 0 Å². The summed E-state index contributed by atoms with van der Waals surface area (Å²) >= 11 is 10.0. The van der Waals surface area contributed by atoms with Crippen LogP contribution >= 0.6 is 47.8 Å². The van der Waals surface area contributed by atoms with E-state index in [0.717, 1.165) is 13.4 Å². The maximum absolute atomic E-state index is 3.36. The van der Waals surface area contributed by atoms with Gasteiger partial charge in [0.15, 0.2) is 0 Å². The second kappa shape index (κ2) is 2.58. The van der Waals surface area contributed by atoms with E-state index in [9.17, 15) is 0 Å². The van der Waals surface area contributed by atoms with Gasteiger partial charge < -0.3 is 0 Å². The molecule has 0 saturated carbocycles. The number of rotatable bonds is 0. The van der Waals surface area contributed by atoms with Crippen LogP contribution in [0.2, 0.25) is 0 Å². The van der Waals surface area contributed by atoms with Crippen molar-refractivity contribution in [3.05, 3.63) is 25.6 Å². The Kier molecular flexibility index (Phi) is 2.23. The summed E-state index contributed by atoms with van der Waals surface area (Å²) in [5.41, 5.74) is 0. The van der Waals surface area contributed by atoms with Crippen molar-refractivity contribution in [2.75, 3.05) is 0 Å². The monoisotopic (exact) mass is 299 g/mol. The highest BCUT2D eigenvalue weighted by Gasteiger charge is 1.87. The van der Waals surface area contributed by atoms with Gasteiger partial charge in [0.2, 0.25) is 0 Å². The van der Waals surface area contributed by atoms with Crippen LogP contribution in [0.5, 0.6) is 0 Å². The summed E-state index contributed by atoms with van der Waals surface area (Å²) in [4.78, 5) is 0. The van der Waals surface area contributed by atoms with Gasteiger partial charge in [0.25, 0.3) is 0 Å². The Labute approximate surface area is 73.0 Å². The van der Waals surface area contributed by atoms with E-state index in [1.807, 2.05) is 12.1 Å². The Morgan fingerprint density at radius 1 is 1.38 bits per heavy atom. The van der Waals surface area contributed by atoms with Crippen LogP contribution in [0, 0.1) is 0 Å². The molecule has 0 unspecified atom stereocenters. The van der Waals surface area contributed by atoms with Crippen molar-refractivity contribution in [2.24, 2.45) is 0 Å². The predicted molar refractivity (Wildman–Crippen MR) is 45.1 cm³/mol. The Morgan fingerprint density at radius 2 is 2.00 bits per heavy atom. The second-order valence-electron chi connectivity index (χ2n) is 1.34. The van der Waals surface area contributed by atoms with E-state index in [1.165, 1.54) is 0 Å². The Bertz CT molecular complexity index is 170. The summed E-state index contributed by atoms with van der Waals surface area (Å²) in [6.07, 6.45) is 0. The third-order valence-electron chi connectivity index (χ3n) is 0.795. The summed E-state index contributed by atoms with van der Waals surface area (Å²) in [5.74, 6) is 0. The summed E-state index contributed by atoms with van der Waals surface area (Å²) in [5, 5.41) is 0. The lowest BCUT2D eigenvalue weighted by atomic mass is 10.7. The highest BCUT2D eigenvalue weighted by atomic mass is 79.9. The molecule has 44 valence electrons. The molecule has 0 aliphatic heterocycles. The van der Waals surface area contributed by atoms with Gasteiger partial charge >= 0.3 is 0 Å². The molecule has 0 radical (unpaired) electrons. The van der Waals surface area contributed by atoms with E-state index >= 15 is 0 Å². The van der Waals surface area contributed by atoms with Gasteiger partial charge in [-0.25, -0.2) is 0 Å². The molecule has 0 atom stereocenters. The molecule has 0 aliphatic carbocycles. The van der Waals surface area contributed by atoms with Crippen LogP contribution in [0.25, 0.3) is 0 Å². The number of hydrogen-bond donors (Lipinski definition) is 0. The van der Waals surface area contributed by atoms with E-state index in [4.69, 9.17) is 0 Å². The fourth-order valence-electron chi connectivity index (χ4n) is 0.407. The largest absolute Gasteiger partial charge is 0.198 e. The molecule has 0 N–H and O–H groups in total. The molecule has 0 saturated heterocycles. The minimum atomic E-state index is 1.08. The van der Waals surface area contributed by atoms with E-state index in [2.05, 4.69) is 47.8 Å². The molecule has 0 spiro atoms. The Hall–Kier alpha value is 0.790. The molecule has 0 heterocycles. The molecule has 8 heavy (non-hydrogen) atoms. The van der Waals surface area contributed by atoms with Crippen molar-refractivity contribution in [3.8, 4) is 0 Å². The van der Waals surface area contributed by atoms with Crippen LogP contribution in [0.4, 0.5) is 0 Å². The molecule has 0 aliphatic rings. The van der Waals surface area contributed by atoms with Crippen molar-refractivity contribution in [3.63, 3.8) is 0 Å². The van der Waals surface area contributed by atoms with Crippen LogP contribution in [0.1, 0.15) is 0 Å². The van der Waals surface area contributed by atoms with E-state index < -0.39 is 0 Å². The van der Waals surface area contributed by atoms with Crippen LogP contribution in [0.15, 0.2) is 25.6 Å². The zero-order valence-electron chi connectivity index (χ0n) is 3.79. The van der Waals surface area contributed by atoms with Gasteiger partial charge in [-0.2, -0.15) is 12.1 Å². The second-order valence-corrected chi connectivity index (χ2v) is 3.84. The first-order valence-corrected chi connectivity index (χ1v) is 4.36. The highest BCUT2D eigenvalue weighted by Crippen LogP contribution is 2.32. The quantitative estimate of drug-likeness (QED) is 0.641. The van der Waals surface area contributed by atoms with Gasteiger partial charge in [-0.05, 0) is 0 Å². The average molecular weight is 302 g/mol. The van der Waals surface area contributed by atoms with Gasteiger partial charge in [-0.3, -0.25) is 0 Å². The first-order chi connectivity index (χ1) is 3.72. The molecule has 0 bridgehead atoms. The van der Waals surface area contributed by atoms with Gasteiger partial charge in [-0.1, -0.05) is 24.9 Å². The van der Waals surface area contributed by atoms with Gasteiger partial charge in [0, 0.05) is 0 Å². The minimum absolute atomic E-state index is 1.08. The molecule has 0 fully saturated rings. The van der Waals surface area contributed by atoms with Crippen molar-refractivity contribution in [2.45, 2.75) is 0 Å². The topological polar surface area (TPSA) is 0 Å². The van der Waals surface area contributed by atoms with Gasteiger partial charge in [-0.15, -0.1) is 36.3 Å². The third kappa shape index (κ3) is 1.20. The molecule has 0 amide bonds. The third-order valence-corrected chi connectivity index (χ3v) is 4.04. The van der Waals surface area contributed by atoms with Crippen molar-refractivity contribution < 1.29 is 0 Å². The molecule has 1 aromatic rings. The smallest absolute Gasteiger partial charge is 0.0747 e. The molecular formula is C5H2Br3-. The summed E-state index contributed by atoms with van der Waals surface area (Å²) in [6.45, 7) is 0. The summed E-state index contributed by atoms with van der Waals surface area (Å²) in [6, 6.07) is 3.96. The van der Waals surface area contributed by atoms with Crippen molar-refractivity contribution >= 4 is 47.8 Å². The average Bonchev–Trinajstić information content (AvgIpc) is 1.98. The van der Waals surface area contributed by atoms with Crippen LogP contribution in [-0.2, 0) is 0 Å². The highest BCUT2D eigenvalue weighted by molar-refractivity contribution is 9.14. The van der Waals surface area contributed by atoms with E-state index in [-0.39, 0.29) is 0 Å². The van der Waals surface area contributed by atoms with Crippen molar-refractivity contribution in [1.29, 1.82) is 0 Å². The van der Waals surface area contributed by atoms with Crippen molar-refractivity contribution in [1.82, 2.24) is 0 Å². The molecular weight excluding hydrogens is 300 g/mol. The first-order valence-electron chi connectivity index (χ1n) is 1.98. The van der Waals surface area contributed by atoms with Gasteiger partial charge in [0.1, 0.15) is 0 Å². The number of hydrogen-bond acceptors (Lipinski definition) is 0. The molecule has 1 rings (SSSR count). The fraction of sp³-hybridized carbons (Fsp3) is 0. The Balaban J connectivity index is 3.19. The number of halogens is 3. The fourth-order valence-corrected chi connectivity index (χ4v) is 1.63. The maximum atomic E-state index is 3.36. The predicted octanol–water partition coefficient (Wildman–Crippen LogP) is 3.69. The zero-order valence-corrected chi connectivity index (χ0v) is 8.55. The maximum Gasteiger partial charge on any atom is -0.0747 e. The molecule has 1 aromatic carbocycles. The molecule has 0 nitrogen and oxygen atoms in total. The SMILES string of the molecule is Brc1cc[c-](Br)c1Br. The van der Waals surface area contributed by atoms with Crippen LogP contribution in [-0.4, -0.2) is 0 Å². The first kappa shape index (κ1) is 6.90. The van der Waals surface area contributed by atoms with Crippen LogP contribution < -0.4 is 0 Å². The normalized spacial score (nSPS) is 9.88. The minimum Gasteiger partial charge on any atom is -0.198 e. The Morgan fingerprint density at radius 3 is 2.12 bits per heavy atom. The van der Waals surface area contributed by atoms with Crippen LogP contribution in [0.3, 0.4) is 0 Å². The zero-order chi connectivity index (χ0) is 6.15. The lowest BCUT2D eigenvalue weighted by molar-refractivity contribution is 1.74. The van der Waals surface area contributed by atoms with Gasteiger partial charge in [0.05, 0.1) is 0 Å². The standard InChI is InChI=1S/C5H2Br3/c6-3-1-2-4(7)5(3)8/h1-2H/q-1. The lowest BCUT2D eigenvalue weighted by Crippen LogP contribution is -1.52.